The third kappa shape index (κ3) is 4.77. The summed E-state index contributed by atoms with van der Waals surface area (Å²) in [4.78, 5) is 47.1. The van der Waals surface area contributed by atoms with Crippen molar-refractivity contribution < 1.29 is 28.7 Å². The molecular formula is C23H21Cl2FN6O6. The van der Waals surface area contributed by atoms with Gasteiger partial charge in [0.05, 0.1) is 36.0 Å². The molecule has 1 aromatic carbocycles. The maximum absolute atomic E-state index is 14.4. The Bertz CT molecular complexity index is 1370. The second-order valence-corrected chi connectivity index (χ2v) is 9.72. The van der Waals surface area contributed by atoms with Crippen LogP contribution in [-0.4, -0.2) is 69.7 Å². The summed E-state index contributed by atoms with van der Waals surface area (Å²) >= 11 is 12.4. The molecule has 4 rings (SSSR count). The molecule has 38 heavy (non-hydrogen) atoms. The number of methoxy groups -OCH3 is 1. The molecule has 2 aliphatic rings. The van der Waals surface area contributed by atoms with Crippen LogP contribution in [0.3, 0.4) is 0 Å². The van der Waals surface area contributed by atoms with Gasteiger partial charge in [-0.05, 0) is 47.7 Å². The molecule has 1 amide bonds. The lowest BCUT2D eigenvalue weighted by Gasteiger charge is -2.39. The van der Waals surface area contributed by atoms with Crippen molar-refractivity contribution in [1.29, 1.82) is 5.26 Å². The number of amides is 1. The maximum Gasteiger partial charge on any atom is 0.407 e. The Morgan fingerprint density at radius 2 is 2.11 bits per heavy atom. The summed E-state index contributed by atoms with van der Waals surface area (Å²) in [7, 11) is 1.16. The molecular weight excluding hydrogens is 546 g/mol. The maximum atomic E-state index is 14.4. The van der Waals surface area contributed by atoms with E-state index in [1.54, 1.807) is 0 Å². The molecule has 1 aliphatic carbocycles. The van der Waals surface area contributed by atoms with Crippen LogP contribution in [0.2, 0.25) is 10.3 Å². The molecule has 2 heterocycles. The van der Waals surface area contributed by atoms with Gasteiger partial charge in [-0.15, -0.1) is 0 Å². The van der Waals surface area contributed by atoms with Crippen molar-refractivity contribution in [2.75, 3.05) is 31.6 Å². The molecule has 12 nitrogen and oxygen atoms in total. The highest BCUT2D eigenvalue weighted by molar-refractivity contribution is 6.31. The highest BCUT2D eigenvalue weighted by atomic mass is 35.5. The molecule has 2 aromatic rings. The number of anilines is 1. The van der Waals surface area contributed by atoms with Crippen LogP contribution >= 0.6 is 23.2 Å². The van der Waals surface area contributed by atoms with E-state index < -0.39 is 39.9 Å². The van der Waals surface area contributed by atoms with Crippen LogP contribution in [-0.2, 0) is 27.8 Å². The van der Waals surface area contributed by atoms with E-state index in [2.05, 4.69) is 9.97 Å². The van der Waals surface area contributed by atoms with Crippen molar-refractivity contribution in [3.8, 4) is 6.07 Å². The van der Waals surface area contributed by atoms with Gasteiger partial charge in [-0.1, -0.05) is 11.6 Å². The summed E-state index contributed by atoms with van der Waals surface area (Å²) in [6.07, 6.45) is -1.28. The van der Waals surface area contributed by atoms with E-state index in [0.717, 1.165) is 24.1 Å². The normalized spacial score (nSPS) is 20.6. The molecule has 1 aliphatic heterocycles. The SMILES string of the molecule is COC(=O)C1(Cc2nc(Cl)nc(N3CCN(C(=O)O)[C@@H](CC#N)C3)c2[N+](=O)[O-])CCc2c(Cl)cc(F)cc21. The number of hydrogen-bond acceptors (Lipinski definition) is 9. The Balaban J connectivity index is 1.83. The second kappa shape index (κ2) is 10.5. The third-order valence-electron chi connectivity index (χ3n) is 6.97. The van der Waals surface area contributed by atoms with Crippen molar-refractivity contribution in [2.45, 2.75) is 37.1 Å². The number of esters is 1. The standard InChI is InChI=1S/C23H21Cl2FN6O6/c1-38-20(33)23(4-2-14-15(23)8-12(26)9-16(14)24)10-17-18(32(36)37)19(29-21(25)28-17)30-6-7-31(22(34)35)13(11-30)3-5-27/h8-9,13H,2-4,6-7,10-11H2,1H3,(H,34,35)/t13-,23?/m0/s1. The van der Waals surface area contributed by atoms with Crippen molar-refractivity contribution >= 4 is 46.8 Å². The first kappa shape index (κ1) is 27.3. The summed E-state index contributed by atoms with van der Waals surface area (Å²) < 4.78 is 19.4. The number of aromatic nitrogens is 2. The lowest BCUT2D eigenvalue weighted by molar-refractivity contribution is -0.385. The number of fused-ring (bicyclic) bond motifs is 1. The van der Waals surface area contributed by atoms with Gasteiger partial charge in [0, 0.05) is 31.1 Å². The molecule has 0 radical (unpaired) electrons. The van der Waals surface area contributed by atoms with E-state index in [0.29, 0.717) is 12.0 Å². The molecule has 2 atom stereocenters. The quantitative estimate of drug-likeness (QED) is 0.237. The fourth-order valence-electron chi connectivity index (χ4n) is 5.28. The van der Waals surface area contributed by atoms with Gasteiger partial charge in [-0.2, -0.15) is 10.2 Å². The topological polar surface area (TPSA) is 163 Å². The zero-order valence-electron chi connectivity index (χ0n) is 20.0. The molecule has 0 spiro atoms. The summed E-state index contributed by atoms with van der Waals surface area (Å²) in [5.41, 5.74) is -1.45. The molecule has 0 saturated carbocycles. The van der Waals surface area contributed by atoms with Crippen molar-refractivity contribution in [3.63, 3.8) is 0 Å². The van der Waals surface area contributed by atoms with Gasteiger partial charge in [0.15, 0.2) is 0 Å². The Morgan fingerprint density at radius 1 is 1.37 bits per heavy atom. The summed E-state index contributed by atoms with van der Waals surface area (Å²) in [5, 5.41) is 30.8. The van der Waals surface area contributed by atoms with Gasteiger partial charge in [0.1, 0.15) is 11.5 Å². The molecule has 0 bridgehead atoms. The van der Waals surface area contributed by atoms with E-state index in [1.165, 1.54) is 4.90 Å². The van der Waals surface area contributed by atoms with Crippen LogP contribution < -0.4 is 4.90 Å². The van der Waals surface area contributed by atoms with Gasteiger partial charge < -0.3 is 19.6 Å². The number of rotatable bonds is 6. The summed E-state index contributed by atoms with van der Waals surface area (Å²) in [6, 6.07) is 3.45. The average Bonchev–Trinajstić information content (AvgIpc) is 3.22. The first-order valence-corrected chi connectivity index (χ1v) is 12.2. The molecule has 1 unspecified atom stereocenters. The number of hydrogen-bond donors (Lipinski definition) is 1. The predicted octanol–water partition coefficient (Wildman–Crippen LogP) is 3.51. The van der Waals surface area contributed by atoms with E-state index in [1.807, 2.05) is 6.07 Å². The molecule has 1 N–H and O–H groups in total. The Morgan fingerprint density at radius 3 is 2.74 bits per heavy atom. The van der Waals surface area contributed by atoms with Gasteiger partial charge >= 0.3 is 17.7 Å². The van der Waals surface area contributed by atoms with Crippen molar-refractivity contribution in [2.24, 2.45) is 0 Å². The van der Waals surface area contributed by atoms with Crippen LogP contribution in [0.15, 0.2) is 12.1 Å². The van der Waals surface area contributed by atoms with Gasteiger partial charge in [-0.3, -0.25) is 14.9 Å². The largest absolute Gasteiger partial charge is 0.468 e. The Hall–Kier alpha value is -3.76. The number of nitriles is 1. The average molecular weight is 567 g/mol. The van der Waals surface area contributed by atoms with E-state index >= 15 is 0 Å². The smallest absolute Gasteiger partial charge is 0.407 e. The fraction of sp³-hybridized carbons (Fsp3) is 0.435. The van der Waals surface area contributed by atoms with Crippen LogP contribution in [0.25, 0.3) is 0 Å². The van der Waals surface area contributed by atoms with E-state index in [-0.39, 0.29) is 66.3 Å². The van der Waals surface area contributed by atoms with Crippen molar-refractivity contribution in [3.05, 3.63) is 55.2 Å². The number of ether oxygens (including phenoxy) is 1. The van der Waals surface area contributed by atoms with Crippen LogP contribution in [0, 0.1) is 27.3 Å². The van der Waals surface area contributed by atoms with Crippen LogP contribution in [0.5, 0.6) is 0 Å². The number of carbonyl (C=O) groups is 2. The van der Waals surface area contributed by atoms with Gasteiger partial charge in [0.2, 0.25) is 11.1 Å². The zero-order valence-corrected chi connectivity index (χ0v) is 21.5. The lowest BCUT2D eigenvalue weighted by Crippen LogP contribution is -2.55. The number of carbonyl (C=O) groups excluding carboxylic acids is 1. The Kier molecular flexibility index (Phi) is 7.57. The lowest BCUT2D eigenvalue weighted by atomic mass is 9.77. The van der Waals surface area contributed by atoms with Crippen LogP contribution in [0.4, 0.5) is 20.7 Å². The minimum Gasteiger partial charge on any atom is -0.468 e. The number of nitro groups is 1. The second-order valence-electron chi connectivity index (χ2n) is 8.97. The number of piperazine rings is 1. The number of carboxylic acid groups (broad SMARTS) is 1. The minimum absolute atomic E-state index is 0.0347. The molecule has 1 aromatic heterocycles. The van der Waals surface area contributed by atoms with Gasteiger partial charge in [0.25, 0.3) is 0 Å². The van der Waals surface area contributed by atoms with Crippen LogP contribution in [0.1, 0.15) is 29.7 Å². The minimum atomic E-state index is -1.53. The molecule has 1 saturated heterocycles. The third-order valence-corrected chi connectivity index (χ3v) is 7.48. The molecule has 200 valence electrons. The number of nitrogens with zero attached hydrogens (tertiary/aromatic N) is 6. The van der Waals surface area contributed by atoms with Crippen molar-refractivity contribution in [1.82, 2.24) is 14.9 Å². The number of benzene rings is 1. The molecule has 15 heteroatoms. The highest BCUT2D eigenvalue weighted by Crippen LogP contribution is 2.47. The highest BCUT2D eigenvalue weighted by Gasteiger charge is 2.50. The van der Waals surface area contributed by atoms with Gasteiger partial charge in [-0.25, -0.2) is 14.2 Å². The first-order valence-electron chi connectivity index (χ1n) is 11.4. The number of halogens is 3. The zero-order chi connectivity index (χ0) is 27.8. The monoisotopic (exact) mass is 566 g/mol. The summed E-state index contributed by atoms with van der Waals surface area (Å²) in [5.74, 6) is -1.60. The first-order chi connectivity index (χ1) is 18.0. The van der Waals surface area contributed by atoms with E-state index in [4.69, 9.17) is 33.2 Å². The fourth-order valence-corrected chi connectivity index (χ4v) is 5.76. The van der Waals surface area contributed by atoms with E-state index in [9.17, 15) is 29.2 Å². The Labute approximate surface area is 225 Å². The predicted molar refractivity (Wildman–Crippen MR) is 132 cm³/mol. The summed E-state index contributed by atoms with van der Waals surface area (Å²) in [6.45, 7) is -0.0556. The molecule has 1 fully saturated rings.